The Hall–Kier alpha value is -2.81. The Morgan fingerprint density at radius 1 is 0.432 bits per heavy atom. The zero-order chi connectivity index (χ0) is 54.2. The highest BCUT2D eigenvalue weighted by atomic mass is 31.2. The summed E-state index contributed by atoms with van der Waals surface area (Å²) < 4.78 is 34.0. The van der Waals surface area contributed by atoms with Gasteiger partial charge in [0.2, 0.25) is 0 Å². The molecule has 0 fully saturated rings. The quantitative estimate of drug-likeness (QED) is 0.0195. The van der Waals surface area contributed by atoms with Crippen LogP contribution in [0, 0.1) is 0 Å². The molecule has 0 aliphatic rings. The molecule has 0 spiro atoms. The van der Waals surface area contributed by atoms with Gasteiger partial charge >= 0.3 is 11.9 Å². The lowest BCUT2D eigenvalue weighted by Gasteiger charge is -2.28. The molecule has 0 bridgehead atoms. The second-order valence-electron chi connectivity index (χ2n) is 21.3. The number of phosphoric acid groups is 1. The first-order valence-corrected chi connectivity index (χ1v) is 31.8. The third-order valence-electron chi connectivity index (χ3n) is 12.9. The van der Waals surface area contributed by atoms with Gasteiger partial charge in [0.15, 0.2) is 6.10 Å². The Kier molecular flexibility index (Phi) is 52.9. The van der Waals surface area contributed by atoms with E-state index >= 15 is 0 Å². The van der Waals surface area contributed by atoms with Gasteiger partial charge in [-0.2, -0.15) is 0 Å². The minimum absolute atomic E-state index is 0.0454. The molecule has 0 aromatic heterocycles. The van der Waals surface area contributed by atoms with Crippen LogP contribution in [-0.2, 0) is 32.7 Å². The maximum atomic E-state index is 12.7. The van der Waals surface area contributed by atoms with Crippen molar-refractivity contribution in [3.63, 3.8) is 0 Å². The van der Waals surface area contributed by atoms with Gasteiger partial charge in [-0.3, -0.25) is 14.2 Å². The molecule has 2 unspecified atom stereocenters. The lowest BCUT2D eigenvalue weighted by atomic mass is 10.0. The van der Waals surface area contributed by atoms with E-state index in [0.717, 1.165) is 57.8 Å². The molecule has 0 aromatic carbocycles. The van der Waals surface area contributed by atoms with Gasteiger partial charge in [-0.05, 0) is 77.0 Å². The fourth-order valence-corrected chi connectivity index (χ4v) is 9.00. The van der Waals surface area contributed by atoms with Gasteiger partial charge in [0.25, 0.3) is 7.82 Å². The molecule has 0 aliphatic heterocycles. The van der Waals surface area contributed by atoms with Crippen molar-refractivity contribution >= 4 is 19.8 Å². The van der Waals surface area contributed by atoms with Gasteiger partial charge in [0.05, 0.1) is 27.7 Å². The summed E-state index contributed by atoms with van der Waals surface area (Å²) in [6.07, 6.45) is 74.1. The summed E-state index contributed by atoms with van der Waals surface area (Å²) in [7, 11) is 1.12. The number of phosphoric ester groups is 1. The summed E-state index contributed by atoms with van der Waals surface area (Å²) in [6, 6.07) is 0. The molecule has 0 aromatic rings. The van der Waals surface area contributed by atoms with Crippen molar-refractivity contribution in [2.75, 3.05) is 47.5 Å². The van der Waals surface area contributed by atoms with E-state index in [-0.39, 0.29) is 26.1 Å². The van der Waals surface area contributed by atoms with Crippen LogP contribution in [0.2, 0.25) is 0 Å². The van der Waals surface area contributed by atoms with Crippen molar-refractivity contribution in [1.29, 1.82) is 0 Å². The van der Waals surface area contributed by atoms with E-state index in [1.54, 1.807) is 0 Å². The first-order chi connectivity index (χ1) is 36.0. The number of quaternary nitrogens is 1. The number of ether oxygens (including phenoxy) is 2. The highest BCUT2D eigenvalue weighted by molar-refractivity contribution is 7.45. The maximum absolute atomic E-state index is 12.7. The predicted molar refractivity (Wildman–Crippen MR) is 314 cm³/mol. The monoisotopic (exact) mass is 1060 g/mol. The standard InChI is InChI=1S/C64H114NO8P/c1-6-8-10-12-14-16-18-20-21-22-23-24-25-26-27-28-29-30-31-32-33-34-35-36-37-38-39-40-41-42-43-45-46-48-50-52-54-56-63(66)70-60-62(61-72-74(68,69)71-59-58-65(3,4)5)73-64(67)57-55-53-51-49-47-44-19-17-15-13-11-9-7-2/h9,11,15,17-18,20,22-23,25-26,44,47,51,53,62H,6-8,10,12-14,16,19,21,24,27-43,45-46,48-50,52,54-61H2,1-5H3/b11-9-,17-15-,20-18-,23-22-,26-25-,47-44-,53-51-. The number of carbonyl (C=O) groups is 2. The smallest absolute Gasteiger partial charge is 0.306 e. The molecule has 0 radical (unpaired) electrons. The molecule has 10 heteroatoms. The maximum Gasteiger partial charge on any atom is 0.306 e. The molecule has 0 N–H and O–H groups in total. The van der Waals surface area contributed by atoms with E-state index < -0.39 is 32.5 Å². The molecular formula is C64H114NO8P. The van der Waals surface area contributed by atoms with E-state index in [1.807, 2.05) is 33.3 Å². The van der Waals surface area contributed by atoms with Crippen LogP contribution in [-0.4, -0.2) is 70.0 Å². The van der Waals surface area contributed by atoms with Crippen LogP contribution in [0.25, 0.3) is 0 Å². The topological polar surface area (TPSA) is 111 Å². The number of rotatable bonds is 55. The average molecular weight is 1060 g/mol. The fraction of sp³-hybridized carbons (Fsp3) is 0.750. The van der Waals surface area contributed by atoms with Crippen LogP contribution >= 0.6 is 7.82 Å². The number of esters is 2. The molecule has 0 saturated heterocycles. The van der Waals surface area contributed by atoms with Crippen LogP contribution in [0.3, 0.4) is 0 Å². The molecule has 0 rings (SSSR count). The molecule has 9 nitrogen and oxygen atoms in total. The normalized spacial score (nSPS) is 13.9. The zero-order valence-electron chi connectivity index (χ0n) is 48.5. The number of hydrogen-bond donors (Lipinski definition) is 0. The van der Waals surface area contributed by atoms with Crippen LogP contribution in [0.15, 0.2) is 85.1 Å². The van der Waals surface area contributed by atoms with Crippen LogP contribution in [0.1, 0.15) is 258 Å². The Bertz CT molecular complexity index is 1520. The van der Waals surface area contributed by atoms with E-state index in [2.05, 4.69) is 86.8 Å². The Labute approximate surface area is 456 Å². The van der Waals surface area contributed by atoms with Crippen molar-refractivity contribution in [2.24, 2.45) is 0 Å². The number of carbonyl (C=O) groups excluding carboxylic acids is 2. The molecule has 428 valence electrons. The predicted octanol–water partition coefficient (Wildman–Crippen LogP) is 18.4. The summed E-state index contributed by atoms with van der Waals surface area (Å²) in [4.78, 5) is 37.7. The van der Waals surface area contributed by atoms with E-state index in [1.165, 1.54) is 167 Å². The largest absolute Gasteiger partial charge is 0.756 e. The Morgan fingerprint density at radius 3 is 1.20 bits per heavy atom. The highest BCUT2D eigenvalue weighted by Crippen LogP contribution is 2.38. The van der Waals surface area contributed by atoms with Crippen LogP contribution < -0.4 is 4.89 Å². The first kappa shape index (κ1) is 71.2. The summed E-state index contributed by atoms with van der Waals surface area (Å²) in [5, 5.41) is 0. The molecule has 0 amide bonds. The summed E-state index contributed by atoms with van der Waals surface area (Å²) in [5.41, 5.74) is 0. The van der Waals surface area contributed by atoms with Crippen molar-refractivity contribution in [3.05, 3.63) is 85.1 Å². The van der Waals surface area contributed by atoms with Gasteiger partial charge in [0, 0.05) is 12.8 Å². The second kappa shape index (κ2) is 55.0. The van der Waals surface area contributed by atoms with Crippen molar-refractivity contribution < 1.29 is 42.1 Å². The second-order valence-corrected chi connectivity index (χ2v) is 22.7. The summed E-state index contributed by atoms with van der Waals surface area (Å²) in [5.74, 6) is -0.925. The molecular weight excluding hydrogens is 942 g/mol. The highest BCUT2D eigenvalue weighted by Gasteiger charge is 2.21. The van der Waals surface area contributed by atoms with E-state index in [4.69, 9.17) is 18.5 Å². The molecule has 2 atom stereocenters. The van der Waals surface area contributed by atoms with Gasteiger partial charge < -0.3 is 27.9 Å². The minimum Gasteiger partial charge on any atom is -0.756 e. The molecule has 0 heterocycles. The Morgan fingerprint density at radius 2 is 0.797 bits per heavy atom. The zero-order valence-corrected chi connectivity index (χ0v) is 49.4. The fourth-order valence-electron chi connectivity index (χ4n) is 8.27. The average Bonchev–Trinajstić information content (AvgIpc) is 3.36. The Balaban J connectivity index is 3.95. The molecule has 74 heavy (non-hydrogen) atoms. The lowest BCUT2D eigenvalue weighted by molar-refractivity contribution is -0.870. The minimum atomic E-state index is -4.65. The summed E-state index contributed by atoms with van der Waals surface area (Å²) in [6.45, 7) is 4.03. The first-order valence-electron chi connectivity index (χ1n) is 30.3. The van der Waals surface area contributed by atoms with Crippen LogP contribution in [0.5, 0.6) is 0 Å². The summed E-state index contributed by atoms with van der Waals surface area (Å²) >= 11 is 0. The number of unbranched alkanes of at least 4 members (excludes halogenated alkanes) is 27. The van der Waals surface area contributed by atoms with Gasteiger partial charge in [-0.25, -0.2) is 0 Å². The van der Waals surface area contributed by atoms with E-state index in [0.29, 0.717) is 17.4 Å². The third-order valence-corrected chi connectivity index (χ3v) is 13.9. The van der Waals surface area contributed by atoms with E-state index in [9.17, 15) is 19.0 Å². The third kappa shape index (κ3) is 58.5. The van der Waals surface area contributed by atoms with Crippen molar-refractivity contribution in [2.45, 2.75) is 264 Å². The number of nitrogens with zero attached hydrogens (tertiary/aromatic N) is 1. The van der Waals surface area contributed by atoms with Gasteiger partial charge in [-0.1, -0.05) is 253 Å². The molecule has 0 aliphatic carbocycles. The van der Waals surface area contributed by atoms with Gasteiger partial charge in [-0.15, -0.1) is 0 Å². The molecule has 0 saturated carbocycles. The number of allylic oxidation sites excluding steroid dienone is 14. The van der Waals surface area contributed by atoms with Gasteiger partial charge in [0.1, 0.15) is 19.8 Å². The van der Waals surface area contributed by atoms with Crippen molar-refractivity contribution in [1.82, 2.24) is 0 Å². The SMILES string of the molecule is CC/C=C\C/C=C\C/C=C\C/C=C\CCC(=O)OC(COC(=O)CCCCCCCCCCCCCCCCCCCCCCCC/C=C\C/C=C\C/C=C\CCCCCCC)COP(=O)([O-])OCC[N+](C)(C)C. The lowest BCUT2D eigenvalue weighted by Crippen LogP contribution is -2.37. The van der Waals surface area contributed by atoms with Crippen LogP contribution in [0.4, 0.5) is 0 Å². The van der Waals surface area contributed by atoms with Crippen molar-refractivity contribution in [3.8, 4) is 0 Å². The number of hydrogen-bond acceptors (Lipinski definition) is 8. The number of likely N-dealkylation sites (N-methyl/N-ethyl adjacent to an activating group) is 1.